The van der Waals surface area contributed by atoms with Crippen molar-refractivity contribution in [1.82, 2.24) is 5.32 Å². The van der Waals surface area contributed by atoms with Crippen LogP contribution in [0.5, 0.6) is 5.75 Å². The smallest absolute Gasteiger partial charge is 0.259 e. The van der Waals surface area contributed by atoms with Crippen LogP contribution in [0, 0.1) is 0 Å². The molecule has 5 nitrogen and oxygen atoms in total. The lowest BCUT2D eigenvalue weighted by Gasteiger charge is -2.13. The molecule has 0 fully saturated rings. The van der Waals surface area contributed by atoms with Crippen molar-refractivity contribution in [3.05, 3.63) is 94.0 Å². The largest absolute Gasteiger partial charge is 0.492 e. The molecule has 0 aliphatic carbocycles. The van der Waals surface area contributed by atoms with Crippen molar-refractivity contribution in [3.63, 3.8) is 0 Å². The molecule has 0 radical (unpaired) electrons. The molecule has 0 aliphatic heterocycles. The molecular weight excluding hydrogens is 444 g/mol. The monoisotopic (exact) mass is 466 g/mol. The number of likely N-dealkylation sites (N-methyl/N-ethyl adjacent to an activating group) is 1. The summed E-state index contributed by atoms with van der Waals surface area (Å²) in [6, 6.07) is 22.7. The predicted molar refractivity (Wildman–Crippen MR) is 122 cm³/mol. The molecule has 0 heterocycles. The van der Waals surface area contributed by atoms with Crippen LogP contribution in [0.2, 0.25) is 0 Å². The number of hydrogen-bond acceptors (Lipinski definition) is 3. The maximum Gasteiger partial charge on any atom is 0.259 e. The lowest BCUT2D eigenvalue weighted by Crippen LogP contribution is -2.19. The number of anilines is 1. The van der Waals surface area contributed by atoms with E-state index in [0.717, 1.165) is 16.5 Å². The number of amides is 2. The van der Waals surface area contributed by atoms with Crippen LogP contribution in [0.25, 0.3) is 0 Å². The highest BCUT2D eigenvalue weighted by atomic mass is 79.9. The van der Waals surface area contributed by atoms with Gasteiger partial charge in [0.15, 0.2) is 0 Å². The van der Waals surface area contributed by atoms with Crippen molar-refractivity contribution in [2.24, 2.45) is 0 Å². The van der Waals surface area contributed by atoms with Crippen molar-refractivity contribution in [2.45, 2.75) is 12.8 Å². The molecule has 154 valence electrons. The van der Waals surface area contributed by atoms with E-state index in [1.807, 2.05) is 48.5 Å². The first-order valence-corrected chi connectivity index (χ1v) is 10.4. The van der Waals surface area contributed by atoms with E-state index in [9.17, 15) is 9.59 Å². The van der Waals surface area contributed by atoms with Gasteiger partial charge in [-0.1, -0.05) is 58.4 Å². The Morgan fingerprint density at radius 2 is 1.67 bits per heavy atom. The fourth-order valence-electron chi connectivity index (χ4n) is 2.91. The molecule has 6 heteroatoms. The van der Waals surface area contributed by atoms with Gasteiger partial charge in [0.1, 0.15) is 5.75 Å². The van der Waals surface area contributed by atoms with Gasteiger partial charge in [0, 0.05) is 23.6 Å². The first-order chi connectivity index (χ1) is 14.5. The van der Waals surface area contributed by atoms with Crippen LogP contribution in [-0.4, -0.2) is 25.5 Å². The topological polar surface area (TPSA) is 67.4 Å². The third-order valence-electron chi connectivity index (χ3n) is 4.53. The summed E-state index contributed by atoms with van der Waals surface area (Å²) in [6.07, 6.45) is 1.06. The van der Waals surface area contributed by atoms with Crippen LogP contribution in [-0.2, 0) is 17.6 Å². The summed E-state index contributed by atoms with van der Waals surface area (Å²) in [5.74, 6) is 0.214. The van der Waals surface area contributed by atoms with Gasteiger partial charge >= 0.3 is 0 Å². The van der Waals surface area contributed by atoms with Gasteiger partial charge in [-0.2, -0.15) is 0 Å². The molecule has 2 amide bonds. The predicted octanol–water partition coefficient (Wildman–Crippen LogP) is 4.61. The molecule has 0 bridgehead atoms. The van der Waals surface area contributed by atoms with Crippen molar-refractivity contribution in [1.29, 1.82) is 0 Å². The van der Waals surface area contributed by atoms with E-state index in [1.54, 1.807) is 31.3 Å². The van der Waals surface area contributed by atoms with Crippen molar-refractivity contribution < 1.29 is 14.3 Å². The third kappa shape index (κ3) is 6.19. The fourth-order valence-corrected chi connectivity index (χ4v) is 3.27. The molecule has 0 saturated heterocycles. The summed E-state index contributed by atoms with van der Waals surface area (Å²) in [7, 11) is 1.61. The molecule has 0 aromatic heterocycles. The van der Waals surface area contributed by atoms with E-state index in [2.05, 4.69) is 26.6 Å². The lowest BCUT2D eigenvalue weighted by atomic mass is 10.1. The van der Waals surface area contributed by atoms with E-state index in [1.165, 1.54) is 5.56 Å². The maximum absolute atomic E-state index is 12.9. The van der Waals surface area contributed by atoms with Crippen LogP contribution in [0.1, 0.15) is 21.5 Å². The summed E-state index contributed by atoms with van der Waals surface area (Å²) < 4.78 is 6.70. The second kappa shape index (κ2) is 10.6. The Morgan fingerprint density at radius 3 is 2.37 bits per heavy atom. The minimum absolute atomic E-state index is 0.0572. The molecule has 3 aromatic rings. The van der Waals surface area contributed by atoms with Crippen molar-refractivity contribution in [3.8, 4) is 5.75 Å². The molecule has 2 N–H and O–H groups in total. The van der Waals surface area contributed by atoms with Crippen LogP contribution >= 0.6 is 15.9 Å². The Bertz CT molecular complexity index is 1000. The number of hydrogen-bond donors (Lipinski definition) is 2. The molecular formula is C24H23BrN2O3. The maximum atomic E-state index is 12.9. The van der Waals surface area contributed by atoms with Gasteiger partial charge in [-0.3, -0.25) is 9.59 Å². The molecule has 0 atom stereocenters. The molecule has 0 spiro atoms. The Hall–Kier alpha value is -3.12. The Labute approximate surface area is 184 Å². The average molecular weight is 467 g/mol. The number of nitrogens with one attached hydrogen (secondary N) is 2. The van der Waals surface area contributed by atoms with Crippen molar-refractivity contribution in [2.75, 3.05) is 19.0 Å². The molecule has 0 unspecified atom stereocenters. The number of rotatable bonds is 8. The Kier molecular flexibility index (Phi) is 7.63. The SMILES string of the molecule is CNC(=O)Cc1ccc(NC(=O)c2cc(Br)ccc2OCCc2ccccc2)cc1. The second-order valence-corrected chi connectivity index (χ2v) is 7.64. The van der Waals surface area contributed by atoms with Gasteiger partial charge in [0.25, 0.3) is 5.91 Å². The standard InChI is InChI=1S/C24H23BrN2O3/c1-26-23(28)15-18-7-10-20(11-8-18)27-24(29)21-16-19(25)9-12-22(21)30-14-13-17-5-3-2-4-6-17/h2-12,16H,13-15H2,1H3,(H,26,28)(H,27,29). The van der Waals surface area contributed by atoms with E-state index in [-0.39, 0.29) is 11.8 Å². The van der Waals surface area contributed by atoms with Crippen LogP contribution < -0.4 is 15.4 Å². The summed E-state index contributed by atoms with van der Waals surface area (Å²) in [5.41, 5.74) is 3.15. The number of benzene rings is 3. The Balaban J connectivity index is 1.66. The lowest BCUT2D eigenvalue weighted by molar-refractivity contribution is -0.119. The number of carbonyl (C=O) groups excluding carboxylic acids is 2. The normalized spacial score (nSPS) is 10.3. The summed E-state index contributed by atoms with van der Waals surface area (Å²) in [5, 5.41) is 5.48. The van der Waals surface area contributed by atoms with E-state index >= 15 is 0 Å². The number of halogens is 1. The van der Waals surface area contributed by atoms with Gasteiger partial charge in [-0.25, -0.2) is 0 Å². The fraction of sp³-hybridized carbons (Fsp3) is 0.167. The summed E-state index contributed by atoms with van der Waals surface area (Å²) in [6.45, 7) is 0.472. The van der Waals surface area contributed by atoms with Crippen molar-refractivity contribution >= 4 is 33.4 Å². The van der Waals surface area contributed by atoms with Gasteiger partial charge < -0.3 is 15.4 Å². The van der Waals surface area contributed by atoms with Gasteiger partial charge in [0.05, 0.1) is 18.6 Å². The highest BCUT2D eigenvalue weighted by molar-refractivity contribution is 9.10. The molecule has 0 saturated carbocycles. The van der Waals surface area contributed by atoms with E-state index in [0.29, 0.717) is 30.0 Å². The van der Waals surface area contributed by atoms with Crippen LogP contribution in [0.3, 0.4) is 0 Å². The quantitative estimate of drug-likeness (QED) is 0.509. The molecule has 30 heavy (non-hydrogen) atoms. The zero-order valence-electron chi connectivity index (χ0n) is 16.7. The number of ether oxygens (including phenoxy) is 1. The van der Waals surface area contributed by atoms with E-state index in [4.69, 9.17) is 4.74 Å². The summed E-state index contributed by atoms with van der Waals surface area (Å²) >= 11 is 3.42. The van der Waals surface area contributed by atoms with Gasteiger partial charge in [-0.05, 0) is 41.5 Å². The first-order valence-electron chi connectivity index (χ1n) is 9.62. The minimum Gasteiger partial charge on any atom is -0.492 e. The summed E-state index contributed by atoms with van der Waals surface area (Å²) in [4.78, 5) is 24.3. The highest BCUT2D eigenvalue weighted by Gasteiger charge is 2.14. The van der Waals surface area contributed by atoms with Crippen LogP contribution in [0.15, 0.2) is 77.3 Å². The number of carbonyl (C=O) groups is 2. The second-order valence-electron chi connectivity index (χ2n) is 6.73. The molecule has 3 aromatic carbocycles. The minimum atomic E-state index is -0.259. The first kappa shape index (κ1) is 21.6. The van der Waals surface area contributed by atoms with Gasteiger partial charge in [-0.15, -0.1) is 0 Å². The molecule has 0 aliphatic rings. The third-order valence-corrected chi connectivity index (χ3v) is 5.03. The highest BCUT2D eigenvalue weighted by Crippen LogP contribution is 2.25. The Morgan fingerprint density at radius 1 is 0.933 bits per heavy atom. The molecule has 3 rings (SSSR count). The van der Waals surface area contributed by atoms with Gasteiger partial charge in [0.2, 0.25) is 5.91 Å². The zero-order valence-corrected chi connectivity index (χ0v) is 18.2. The zero-order chi connectivity index (χ0) is 21.3. The van der Waals surface area contributed by atoms with Crippen LogP contribution in [0.4, 0.5) is 5.69 Å². The van der Waals surface area contributed by atoms with E-state index < -0.39 is 0 Å². The average Bonchev–Trinajstić information content (AvgIpc) is 2.76.